The first-order valence-corrected chi connectivity index (χ1v) is 8.32. The summed E-state index contributed by atoms with van der Waals surface area (Å²) in [5.41, 5.74) is -0.0275. The van der Waals surface area contributed by atoms with Gasteiger partial charge in [-0.2, -0.15) is 0 Å². The number of hydrogen-bond acceptors (Lipinski definition) is 4. The molecule has 1 amide bonds. The second-order valence-corrected chi connectivity index (χ2v) is 6.38. The fraction of sp³-hybridized carbons (Fsp3) is 0.588. The number of likely N-dealkylation sites (tertiary alicyclic amines) is 1. The minimum atomic E-state index is -0.466. The van der Waals surface area contributed by atoms with Gasteiger partial charge in [0.15, 0.2) is 6.61 Å². The van der Waals surface area contributed by atoms with Crippen molar-refractivity contribution >= 4 is 11.6 Å². The fourth-order valence-corrected chi connectivity index (χ4v) is 3.85. The third kappa shape index (κ3) is 3.63. The molecule has 0 aromatic heterocycles. The van der Waals surface area contributed by atoms with Crippen LogP contribution in [0.15, 0.2) is 24.3 Å². The van der Waals surface area contributed by atoms with Crippen LogP contribution in [0.5, 0.6) is 5.75 Å². The third-order valence-electron chi connectivity index (χ3n) is 4.95. The van der Waals surface area contributed by atoms with E-state index >= 15 is 0 Å². The minimum Gasteiger partial charge on any atom is -0.484 e. The van der Waals surface area contributed by atoms with Gasteiger partial charge in [-0.3, -0.25) is 14.9 Å². The van der Waals surface area contributed by atoms with E-state index < -0.39 is 4.92 Å². The van der Waals surface area contributed by atoms with Crippen LogP contribution in [0, 0.1) is 16.0 Å². The molecule has 0 bridgehead atoms. The first kappa shape index (κ1) is 15.8. The van der Waals surface area contributed by atoms with Crippen LogP contribution in [0.25, 0.3) is 0 Å². The molecule has 0 unspecified atom stereocenters. The maximum Gasteiger partial charge on any atom is 0.273 e. The van der Waals surface area contributed by atoms with E-state index in [0.29, 0.717) is 17.7 Å². The van der Waals surface area contributed by atoms with Crippen molar-refractivity contribution in [2.75, 3.05) is 13.2 Å². The predicted octanol–water partition coefficient (Wildman–Crippen LogP) is 3.15. The van der Waals surface area contributed by atoms with Crippen LogP contribution < -0.4 is 4.74 Å². The van der Waals surface area contributed by atoms with E-state index in [2.05, 4.69) is 0 Å². The highest BCUT2D eigenvalue weighted by Gasteiger charge is 2.35. The maximum absolute atomic E-state index is 12.5. The molecule has 1 heterocycles. The van der Waals surface area contributed by atoms with Gasteiger partial charge in [-0.1, -0.05) is 18.9 Å². The SMILES string of the molecule is O=C(COc1cccc([N+](=O)[O-])c1)N1CCC[C@@H]2CCCC[C@@H]21. The average Bonchev–Trinajstić information content (AvgIpc) is 2.59. The van der Waals surface area contributed by atoms with E-state index in [4.69, 9.17) is 4.74 Å². The Hall–Kier alpha value is -2.11. The summed E-state index contributed by atoms with van der Waals surface area (Å²) in [5, 5.41) is 10.8. The summed E-state index contributed by atoms with van der Waals surface area (Å²) < 4.78 is 5.50. The summed E-state index contributed by atoms with van der Waals surface area (Å²) >= 11 is 0. The average molecular weight is 318 g/mol. The molecular formula is C17H22N2O4. The van der Waals surface area contributed by atoms with Gasteiger partial charge in [0.25, 0.3) is 11.6 Å². The normalized spacial score (nSPS) is 23.9. The molecule has 3 rings (SSSR count). The number of amides is 1. The van der Waals surface area contributed by atoms with E-state index in [0.717, 1.165) is 19.4 Å². The number of ether oxygens (including phenoxy) is 1. The van der Waals surface area contributed by atoms with E-state index in [-0.39, 0.29) is 18.2 Å². The van der Waals surface area contributed by atoms with Crippen molar-refractivity contribution in [1.29, 1.82) is 0 Å². The molecule has 1 saturated carbocycles. The number of non-ortho nitro benzene ring substituents is 1. The standard InChI is InChI=1S/C17H22N2O4/c20-17(12-23-15-8-3-7-14(11-15)19(21)22)18-10-4-6-13-5-1-2-9-16(13)18/h3,7-8,11,13,16H,1-2,4-6,9-10,12H2/t13-,16-/m0/s1. The smallest absolute Gasteiger partial charge is 0.273 e. The van der Waals surface area contributed by atoms with Gasteiger partial charge < -0.3 is 9.64 Å². The molecule has 0 radical (unpaired) electrons. The molecule has 124 valence electrons. The van der Waals surface area contributed by atoms with Crippen LogP contribution in [0.3, 0.4) is 0 Å². The lowest BCUT2D eigenvalue weighted by Crippen LogP contribution is -2.51. The lowest BCUT2D eigenvalue weighted by molar-refractivity contribution is -0.384. The Morgan fingerprint density at radius 2 is 2.04 bits per heavy atom. The van der Waals surface area contributed by atoms with Crippen molar-refractivity contribution in [3.63, 3.8) is 0 Å². The second-order valence-electron chi connectivity index (χ2n) is 6.38. The van der Waals surface area contributed by atoms with E-state index in [1.165, 1.54) is 37.8 Å². The predicted molar refractivity (Wildman–Crippen MR) is 85.3 cm³/mol. The summed E-state index contributed by atoms with van der Waals surface area (Å²) in [4.78, 5) is 24.8. The van der Waals surface area contributed by atoms with Crippen molar-refractivity contribution in [3.05, 3.63) is 34.4 Å². The van der Waals surface area contributed by atoms with E-state index in [9.17, 15) is 14.9 Å². The number of benzene rings is 1. The number of nitro groups is 1. The number of nitro benzene ring substituents is 1. The highest BCUT2D eigenvalue weighted by atomic mass is 16.6. The Bertz CT molecular complexity index is 588. The Morgan fingerprint density at radius 1 is 1.26 bits per heavy atom. The van der Waals surface area contributed by atoms with Crippen molar-refractivity contribution < 1.29 is 14.5 Å². The first-order valence-electron chi connectivity index (χ1n) is 8.32. The molecule has 2 aliphatic rings. The monoisotopic (exact) mass is 318 g/mol. The number of rotatable bonds is 4. The zero-order valence-electron chi connectivity index (χ0n) is 13.1. The van der Waals surface area contributed by atoms with E-state index in [1.807, 2.05) is 4.90 Å². The molecule has 1 aromatic carbocycles. The minimum absolute atomic E-state index is 0.00638. The van der Waals surface area contributed by atoms with Gasteiger partial charge in [-0.05, 0) is 37.7 Å². The van der Waals surface area contributed by atoms with Gasteiger partial charge in [0.1, 0.15) is 5.75 Å². The Morgan fingerprint density at radius 3 is 2.87 bits per heavy atom. The highest BCUT2D eigenvalue weighted by molar-refractivity contribution is 5.78. The highest BCUT2D eigenvalue weighted by Crippen LogP contribution is 2.35. The zero-order valence-corrected chi connectivity index (χ0v) is 13.1. The summed E-state index contributed by atoms with van der Waals surface area (Å²) in [6.07, 6.45) is 7.06. The number of piperidine rings is 1. The summed E-state index contributed by atoms with van der Waals surface area (Å²) in [6.45, 7) is 0.753. The summed E-state index contributed by atoms with van der Waals surface area (Å²) in [5.74, 6) is 0.997. The number of carbonyl (C=O) groups excluding carboxylic acids is 1. The molecule has 1 saturated heterocycles. The van der Waals surface area contributed by atoms with Crippen LogP contribution in [-0.2, 0) is 4.79 Å². The molecule has 23 heavy (non-hydrogen) atoms. The topological polar surface area (TPSA) is 72.7 Å². The van der Waals surface area contributed by atoms with Gasteiger partial charge in [0.05, 0.1) is 11.0 Å². The van der Waals surface area contributed by atoms with Crippen molar-refractivity contribution in [2.45, 2.75) is 44.6 Å². The van der Waals surface area contributed by atoms with Crippen LogP contribution in [0.2, 0.25) is 0 Å². The molecule has 2 atom stereocenters. The maximum atomic E-state index is 12.5. The summed E-state index contributed by atoms with van der Waals surface area (Å²) in [7, 11) is 0. The number of carbonyl (C=O) groups is 1. The van der Waals surface area contributed by atoms with Gasteiger partial charge in [-0.25, -0.2) is 0 Å². The van der Waals surface area contributed by atoms with Crippen molar-refractivity contribution in [1.82, 2.24) is 4.90 Å². The number of nitrogens with zero attached hydrogens (tertiary/aromatic N) is 2. The van der Waals surface area contributed by atoms with Gasteiger partial charge in [0, 0.05) is 18.7 Å². The van der Waals surface area contributed by atoms with E-state index in [1.54, 1.807) is 12.1 Å². The second kappa shape index (κ2) is 6.98. The third-order valence-corrected chi connectivity index (χ3v) is 4.95. The zero-order chi connectivity index (χ0) is 16.2. The molecular weight excluding hydrogens is 296 g/mol. The quantitative estimate of drug-likeness (QED) is 0.631. The lowest BCUT2D eigenvalue weighted by atomic mass is 9.78. The van der Waals surface area contributed by atoms with Crippen LogP contribution in [-0.4, -0.2) is 34.9 Å². The molecule has 1 aliphatic heterocycles. The molecule has 1 aliphatic carbocycles. The van der Waals surface area contributed by atoms with Gasteiger partial charge in [-0.15, -0.1) is 0 Å². The molecule has 6 heteroatoms. The Balaban J connectivity index is 1.60. The van der Waals surface area contributed by atoms with Crippen LogP contribution in [0.1, 0.15) is 38.5 Å². The van der Waals surface area contributed by atoms with Gasteiger partial charge in [0.2, 0.25) is 0 Å². The first-order chi connectivity index (χ1) is 11.1. The van der Waals surface area contributed by atoms with Crippen molar-refractivity contribution in [2.24, 2.45) is 5.92 Å². The fourth-order valence-electron chi connectivity index (χ4n) is 3.85. The van der Waals surface area contributed by atoms with Crippen LogP contribution in [0.4, 0.5) is 5.69 Å². The molecule has 0 N–H and O–H groups in total. The molecule has 1 aromatic rings. The number of fused-ring (bicyclic) bond motifs is 1. The molecule has 2 fully saturated rings. The lowest BCUT2D eigenvalue weighted by Gasteiger charge is -2.44. The van der Waals surface area contributed by atoms with Gasteiger partial charge >= 0.3 is 0 Å². The molecule has 0 spiro atoms. The largest absolute Gasteiger partial charge is 0.484 e. The Labute approximate surface area is 135 Å². The summed E-state index contributed by atoms with van der Waals surface area (Å²) in [6, 6.07) is 6.33. The van der Waals surface area contributed by atoms with Crippen LogP contribution >= 0.6 is 0 Å². The molecule has 6 nitrogen and oxygen atoms in total. The Kier molecular flexibility index (Phi) is 4.79. The number of hydrogen-bond donors (Lipinski definition) is 0. The van der Waals surface area contributed by atoms with Crippen molar-refractivity contribution in [3.8, 4) is 5.75 Å².